The zero-order valence-electron chi connectivity index (χ0n) is 15.6. The first-order valence-corrected chi connectivity index (χ1v) is 10.3. The van der Waals surface area contributed by atoms with Crippen molar-refractivity contribution in [1.82, 2.24) is 0 Å². The van der Waals surface area contributed by atoms with Crippen LogP contribution in [0.15, 0.2) is 47.4 Å². The van der Waals surface area contributed by atoms with Crippen molar-refractivity contribution in [1.29, 1.82) is 0 Å². The largest absolute Gasteiger partial charge is 0.497 e. The number of nitrogens with zero attached hydrogens (tertiary/aromatic N) is 1. The lowest BCUT2D eigenvalue weighted by atomic mass is 10.2. The molecule has 0 bridgehead atoms. The molecule has 9 heteroatoms. The van der Waals surface area contributed by atoms with Gasteiger partial charge in [0.05, 0.1) is 24.8 Å². The maximum Gasteiger partial charge on any atom is 0.341 e. The molecule has 0 aromatic heterocycles. The molecule has 1 heterocycles. The molecule has 1 fully saturated rings. The van der Waals surface area contributed by atoms with Crippen molar-refractivity contribution < 1.29 is 26.7 Å². The van der Waals surface area contributed by atoms with Crippen molar-refractivity contribution in [3.63, 3.8) is 0 Å². The van der Waals surface area contributed by atoms with Crippen molar-refractivity contribution in [2.45, 2.75) is 23.1 Å². The van der Waals surface area contributed by atoms with Crippen molar-refractivity contribution >= 4 is 21.2 Å². The van der Waals surface area contributed by atoms with Gasteiger partial charge in [0.15, 0.2) is 0 Å². The highest BCUT2D eigenvalue weighted by Crippen LogP contribution is 2.32. The van der Waals surface area contributed by atoms with Crippen LogP contribution in [0.5, 0.6) is 11.5 Å². The van der Waals surface area contributed by atoms with Gasteiger partial charge in [0.25, 0.3) is 0 Å². The molecule has 0 saturated carbocycles. The van der Waals surface area contributed by atoms with Gasteiger partial charge in [-0.25, -0.2) is 8.42 Å². The van der Waals surface area contributed by atoms with Gasteiger partial charge in [-0.3, -0.25) is 0 Å². The van der Waals surface area contributed by atoms with Crippen LogP contribution in [0.1, 0.15) is 6.42 Å². The summed E-state index contributed by atoms with van der Waals surface area (Å²) in [6.07, 6.45) is 0.725. The van der Waals surface area contributed by atoms with Crippen molar-refractivity contribution in [2.24, 2.45) is 0 Å². The molecular weight excluding hydrogens is 390 g/mol. The predicted molar refractivity (Wildman–Crippen MR) is 103 cm³/mol. The van der Waals surface area contributed by atoms with E-state index in [9.17, 15) is 17.2 Å². The van der Waals surface area contributed by atoms with E-state index in [0.717, 1.165) is 18.7 Å². The van der Waals surface area contributed by atoms with Gasteiger partial charge < -0.3 is 19.7 Å². The van der Waals surface area contributed by atoms with E-state index in [1.54, 1.807) is 26.4 Å². The summed E-state index contributed by atoms with van der Waals surface area (Å²) in [6, 6.07) is 11.2. The lowest BCUT2D eigenvalue weighted by Gasteiger charge is -2.21. The zero-order valence-corrected chi connectivity index (χ0v) is 16.4. The Hall–Kier alpha value is -2.55. The van der Waals surface area contributed by atoms with Crippen LogP contribution in [0.2, 0.25) is 0 Å². The molecule has 2 aromatic rings. The van der Waals surface area contributed by atoms with Crippen LogP contribution in [0.4, 0.5) is 20.2 Å². The minimum atomic E-state index is -4.68. The number of halogens is 2. The van der Waals surface area contributed by atoms with Crippen LogP contribution in [0, 0.1) is 0 Å². The molecule has 3 rings (SSSR count). The van der Waals surface area contributed by atoms with Gasteiger partial charge in [-0.05, 0) is 18.6 Å². The molecule has 1 aliphatic heterocycles. The van der Waals surface area contributed by atoms with E-state index in [1.165, 1.54) is 18.2 Å². The van der Waals surface area contributed by atoms with E-state index >= 15 is 0 Å². The highest BCUT2D eigenvalue weighted by atomic mass is 32.2. The highest BCUT2D eigenvalue weighted by Gasteiger charge is 2.31. The minimum absolute atomic E-state index is 0.0915. The van der Waals surface area contributed by atoms with E-state index in [4.69, 9.17) is 9.47 Å². The molecule has 0 amide bonds. The third-order valence-electron chi connectivity index (χ3n) is 4.68. The number of nitrogens with one attached hydrogen (secondary N) is 1. The molecule has 0 radical (unpaired) electrons. The Kier molecular flexibility index (Phi) is 5.93. The van der Waals surface area contributed by atoms with Gasteiger partial charge in [-0.2, -0.15) is 8.78 Å². The fourth-order valence-corrected chi connectivity index (χ4v) is 4.13. The first-order valence-electron chi connectivity index (χ1n) is 8.70. The van der Waals surface area contributed by atoms with Crippen LogP contribution in [0.3, 0.4) is 0 Å². The third kappa shape index (κ3) is 4.14. The summed E-state index contributed by atoms with van der Waals surface area (Å²) in [5.41, 5.74) is 1.10. The van der Waals surface area contributed by atoms with Crippen LogP contribution in [-0.2, 0) is 9.84 Å². The van der Waals surface area contributed by atoms with Crippen LogP contribution >= 0.6 is 0 Å². The summed E-state index contributed by atoms with van der Waals surface area (Å²) in [5.74, 6) is -2.13. The normalized spacial score (nSPS) is 17.0. The molecule has 1 aliphatic rings. The number of anilines is 2. The average Bonchev–Trinajstić information content (AvgIpc) is 3.16. The smallest absolute Gasteiger partial charge is 0.341 e. The number of ether oxygens (including phenoxy) is 2. The Morgan fingerprint density at radius 2 is 1.75 bits per heavy atom. The SMILES string of the molecule is COc1cc(OC)cc(N2CCC(Nc3ccccc3S(=O)(=O)C(F)F)C2)c1. The number of hydrogen-bond acceptors (Lipinski definition) is 6. The molecule has 6 nitrogen and oxygen atoms in total. The van der Waals surface area contributed by atoms with Crippen molar-refractivity contribution in [3.8, 4) is 11.5 Å². The predicted octanol–water partition coefficient (Wildman–Crippen LogP) is 3.39. The monoisotopic (exact) mass is 412 g/mol. The van der Waals surface area contributed by atoms with Crippen LogP contribution < -0.4 is 19.7 Å². The van der Waals surface area contributed by atoms with Gasteiger partial charge in [-0.1, -0.05) is 12.1 Å². The summed E-state index contributed by atoms with van der Waals surface area (Å²) in [6.45, 7) is 1.30. The van der Waals surface area contributed by atoms with Gasteiger partial charge in [0, 0.05) is 43.0 Å². The van der Waals surface area contributed by atoms with E-state index < -0.39 is 15.6 Å². The fourth-order valence-electron chi connectivity index (χ4n) is 3.24. The molecule has 0 aliphatic carbocycles. The Labute approximate surface area is 163 Å². The fraction of sp³-hybridized carbons (Fsp3) is 0.368. The number of methoxy groups -OCH3 is 2. The van der Waals surface area contributed by atoms with E-state index in [-0.39, 0.29) is 16.6 Å². The number of rotatable bonds is 7. The van der Waals surface area contributed by atoms with Crippen molar-refractivity contribution in [2.75, 3.05) is 37.5 Å². The molecule has 152 valence electrons. The summed E-state index contributed by atoms with van der Waals surface area (Å²) >= 11 is 0. The quantitative estimate of drug-likeness (QED) is 0.752. The van der Waals surface area contributed by atoms with Gasteiger partial charge in [0.1, 0.15) is 11.5 Å². The summed E-state index contributed by atoms with van der Waals surface area (Å²) in [5, 5.41) is 3.11. The average molecular weight is 412 g/mol. The number of alkyl halides is 2. The van der Waals surface area contributed by atoms with Crippen LogP contribution in [0.25, 0.3) is 0 Å². The summed E-state index contributed by atoms with van der Waals surface area (Å²) in [7, 11) is -1.52. The van der Waals surface area contributed by atoms with Gasteiger partial charge in [-0.15, -0.1) is 0 Å². The summed E-state index contributed by atoms with van der Waals surface area (Å²) in [4.78, 5) is 1.72. The molecule has 0 spiro atoms. The van der Waals surface area contributed by atoms with E-state index in [1.807, 2.05) is 12.1 Å². The third-order valence-corrected chi connectivity index (χ3v) is 6.12. The highest BCUT2D eigenvalue weighted by molar-refractivity contribution is 7.91. The molecule has 1 N–H and O–H groups in total. The first kappa shape index (κ1) is 20.2. The molecule has 1 saturated heterocycles. The standard InChI is InChI=1S/C19H22F2N2O4S/c1-26-15-9-14(10-16(11-15)27-2)23-8-7-13(12-23)22-17-5-3-4-6-18(17)28(24,25)19(20)21/h3-6,9-11,13,19,22H,7-8,12H2,1-2H3. The summed E-state index contributed by atoms with van der Waals surface area (Å²) < 4.78 is 60.4. The first-order chi connectivity index (χ1) is 13.3. The maximum absolute atomic E-state index is 13.0. The second-order valence-corrected chi connectivity index (χ2v) is 8.33. The minimum Gasteiger partial charge on any atom is -0.497 e. The van der Waals surface area contributed by atoms with E-state index in [0.29, 0.717) is 18.0 Å². The molecule has 28 heavy (non-hydrogen) atoms. The Bertz CT molecular complexity index is 915. The molecular formula is C19H22F2N2O4S. The number of para-hydroxylation sites is 1. The van der Waals surface area contributed by atoms with E-state index in [2.05, 4.69) is 10.2 Å². The van der Waals surface area contributed by atoms with Gasteiger partial charge >= 0.3 is 5.76 Å². The number of benzene rings is 2. The number of sulfone groups is 1. The zero-order chi connectivity index (χ0) is 20.3. The Balaban J connectivity index is 1.78. The molecule has 2 aromatic carbocycles. The Morgan fingerprint density at radius 3 is 2.36 bits per heavy atom. The maximum atomic E-state index is 13.0. The Morgan fingerprint density at radius 1 is 1.11 bits per heavy atom. The molecule has 1 atom stereocenters. The number of hydrogen-bond donors (Lipinski definition) is 1. The lowest BCUT2D eigenvalue weighted by Crippen LogP contribution is -2.27. The second kappa shape index (κ2) is 8.22. The lowest BCUT2D eigenvalue weighted by molar-refractivity contribution is 0.235. The van der Waals surface area contributed by atoms with Crippen molar-refractivity contribution in [3.05, 3.63) is 42.5 Å². The molecule has 1 unspecified atom stereocenters. The van der Waals surface area contributed by atoms with Gasteiger partial charge in [0.2, 0.25) is 9.84 Å². The topological polar surface area (TPSA) is 67.9 Å². The second-order valence-electron chi connectivity index (χ2n) is 6.45. The van der Waals surface area contributed by atoms with Crippen LogP contribution in [-0.4, -0.2) is 47.5 Å².